The van der Waals surface area contributed by atoms with Crippen LogP contribution in [0.2, 0.25) is 0 Å². The van der Waals surface area contributed by atoms with E-state index in [-0.39, 0.29) is 5.69 Å². The number of fused-ring (bicyclic) bond motifs is 1. The van der Waals surface area contributed by atoms with E-state index in [0.717, 1.165) is 25.1 Å². The van der Waals surface area contributed by atoms with Crippen molar-refractivity contribution in [1.29, 1.82) is 0 Å². The molecule has 3 rings (SSSR count). The molecule has 7 heteroatoms. The van der Waals surface area contributed by atoms with Crippen LogP contribution >= 0.6 is 11.3 Å². The molecule has 0 unspecified atom stereocenters. The highest BCUT2D eigenvalue weighted by molar-refractivity contribution is 7.10. The van der Waals surface area contributed by atoms with Crippen LogP contribution in [0.15, 0.2) is 23.6 Å². The van der Waals surface area contributed by atoms with Gasteiger partial charge in [-0.15, -0.1) is 11.3 Å². The maximum Gasteiger partial charge on any atom is 0.241 e. The first kappa shape index (κ1) is 16.0. The van der Waals surface area contributed by atoms with Crippen molar-refractivity contribution in [1.82, 2.24) is 4.90 Å². The normalized spacial score (nSPS) is 16.0. The quantitative estimate of drug-likeness (QED) is 0.867. The van der Waals surface area contributed by atoms with Gasteiger partial charge < -0.3 is 5.32 Å². The molecule has 23 heavy (non-hydrogen) atoms. The topological polar surface area (TPSA) is 32.3 Å². The molecule has 2 aromatic rings. The summed E-state index contributed by atoms with van der Waals surface area (Å²) in [5, 5.41) is 4.36. The third-order valence-electron chi connectivity index (χ3n) is 4.06. The number of benzene rings is 1. The lowest BCUT2D eigenvalue weighted by Crippen LogP contribution is -2.44. The Labute approximate surface area is 135 Å². The Morgan fingerprint density at radius 3 is 2.83 bits per heavy atom. The molecule has 122 valence electrons. The van der Waals surface area contributed by atoms with Gasteiger partial charge in [0.05, 0.1) is 11.7 Å². The van der Waals surface area contributed by atoms with E-state index in [2.05, 4.69) is 5.32 Å². The van der Waals surface area contributed by atoms with E-state index < -0.39 is 29.4 Å². The molecular formula is C16H15F3N2OS. The summed E-state index contributed by atoms with van der Waals surface area (Å²) >= 11 is 1.70. The second kappa shape index (κ2) is 6.33. The molecule has 0 fully saturated rings. The van der Waals surface area contributed by atoms with Gasteiger partial charge in [-0.25, -0.2) is 13.2 Å². The van der Waals surface area contributed by atoms with E-state index in [1.807, 2.05) is 16.3 Å². The lowest BCUT2D eigenvalue weighted by atomic mass is 10.1. The Hall–Kier alpha value is -1.86. The van der Waals surface area contributed by atoms with Crippen LogP contribution < -0.4 is 5.32 Å². The van der Waals surface area contributed by atoms with Crippen molar-refractivity contribution in [3.8, 4) is 0 Å². The molecule has 2 heterocycles. The number of rotatable bonds is 3. The fourth-order valence-corrected chi connectivity index (χ4v) is 3.52. The minimum Gasteiger partial charge on any atom is -0.322 e. The van der Waals surface area contributed by atoms with E-state index >= 15 is 0 Å². The first-order valence-electron chi connectivity index (χ1n) is 7.21. The number of nitrogens with zero attached hydrogens (tertiary/aromatic N) is 1. The Morgan fingerprint density at radius 1 is 1.26 bits per heavy atom. The molecule has 1 atom stereocenters. The number of hydrogen-bond acceptors (Lipinski definition) is 3. The smallest absolute Gasteiger partial charge is 0.241 e. The largest absolute Gasteiger partial charge is 0.322 e. The number of hydrogen-bond donors (Lipinski definition) is 1. The van der Waals surface area contributed by atoms with E-state index in [0.29, 0.717) is 6.54 Å². The van der Waals surface area contributed by atoms with E-state index in [9.17, 15) is 18.0 Å². The Kier molecular flexibility index (Phi) is 4.41. The van der Waals surface area contributed by atoms with Crippen LogP contribution in [0.1, 0.15) is 17.4 Å². The number of amides is 1. The van der Waals surface area contributed by atoms with Crippen molar-refractivity contribution >= 4 is 22.9 Å². The predicted molar refractivity (Wildman–Crippen MR) is 82.8 cm³/mol. The summed E-state index contributed by atoms with van der Waals surface area (Å²) in [5.74, 6) is -4.70. The van der Waals surface area contributed by atoms with Crippen molar-refractivity contribution in [3.05, 3.63) is 51.5 Å². The van der Waals surface area contributed by atoms with Gasteiger partial charge in [-0.1, -0.05) is 0 Å². The first-order chi connectivity index (χ1) is 11.0. The molecule has 1 aromatic heterocycles. The second-order valence-corrected chi connectivity index (χ2v) is 6.48. The van der Waals surface area contributed by atoms with Gasteiger partial charge in [-0.05, 0) is 42.5 Å². The second-order valence-electron chi connectivity index (χ2n) is 5.48. The van der Waals surface area contributed by atoms with Crippen LogP contribution in [0.3, 0.4) is 0 Å². The average Bonchev–Trinajstić information content (AvgIpc) is 3.02. The Morgan fingerprint density at radius 2 is 2.04 bits per heavy atom. The molecule has 0 saturated heterocycles. The third-order valence-corrected chi connectivity index (χ3v) is 5.08. The van der Waals surface area contributed by atoms with Gasteiger partial charge in [-0.2, -0.15) is 0 Å². The van der Waals surface area contributed by atoms with Crippen molar-refractivity contribution in [2.45, 2.75) is 25.9 Å². The van der Waals surface area contributed by atoms with Gasteiger partial charge in [0.1, 0.15) is 0 Å². The van der Waals surface area contributed by atoms with Crippen molar-refractivity contribution in [2.24, 2.45) is 0 Å². The van der Waals surface area contributed by atoms with Crippen LogP contribution in [-0.2, 0) is 17.8 Å². The molecule has 0 bridgehead atoms. The van der Waals surface area contributed by atoms with Crippen LogP contribution in [0, 0.1) is 17.5 Å². The summed E-state index contributed by atoms with van der Waals surface area (Å²) < 4.78 is 39.8. The number of nitrogens with one attached hydrogen (secondary N) is 1. The molecule has 0 aliphatic carbocycles. The van der Waals surface area contributed by atoms with Crippen molar-refractivity contribution in [3.63, 3.8) is 0 Å². The Balaban J connectivity index is 1.70. The SMILES string of the molecule is C[C@@H](C(=O)Nc1ccc(F)c(F)c1F)N1CCc2sccc2C1. The highest BCUT2D eigenvalue weighted by Gasteiger charge is 2.27. The zero-order chi connectivity index (χ0) is 16.6. The number of carbonyl (C=O) groups excluding carboxylic acids is 1. The lowest BCUT2D eigenvalue weighted by molar-refractivity contribution is -0.121. The summed E-state index contributed by atoms with van der Waals surface area (Å²) in [4.78, 5) is 15.6. The van der Waals surface area contributed by atoms with Crippen LogP contribution in [0.25, 0.3) is 0 Å². The highest BCUT2D eigenvalue weighted by Crippen LogP contribution is 2.26. The summed E-state index contributed by atoms with van der Waals surface area (Å²) in [5.41, 5.74) is 0.842. The minimum absolute atomic E-state index is 0.353. The molecule has 0 radical (unpaired) electrons. The molecule has 1 N–H and O–H groups in total. The van der Waals surface area contributed by atoms with E-state index in [4.69, 9.17) is 0 Å². The molecule has 0 saturated carbocycles. The van der Waals surface area contributed by atoms with Gasteiger partial charge in [0, 0.05) is 18.0 Å². The molecule has 1 aliphatic heterocycles. The summed E-state index contributed by atoms with van der Waals surface area (Å²) in [6.45, 7) is 3.08. The molecule has 1 amide bonds. The standard InChI is InChI=1S/C16H15F3N2OS/c1-9(21-6-4-13-10(8-21)5-7-23-13)16(22)20-12-3-2-11(17)14(18)15(12)19/h2-3,5,7,9H,4,6,8H2,1H3,(H,20,22)/t9-/m0/s1. The maximum atomic E-state index is 13.6. The van der Waals surface area contributed by atoms with E-state index in [1.165, 1.54) is 10.4 Å². The van der Waals surface area contributed by atoms with Crippen molar-refractivity contribution in [2.75, 3.05) is 11.9 Å². The van der Waals surface area contributed by atoms with Crippen LogP contribution in [-0.4, -0.2) is 23.4 Å². The predicted octanol–water partition coefficient (Wildman–Crippen LogP) is 3.55. The zero-order valence-corrected chi connectivity index (χ0v) is 13.2. The van der Waals surface area contributed by atoms with Crippen molar-refractivity contribution < 1.29 is 18.0 Å². The first-order valence-corrected chi connectivity index (χ1v) is 8.09. The summed E-state index contributed by atoms with van der Waals surface area (Å²) in [7, 11) is 0. The van der Waals surface area contributed by atoms with Gasteiger partial charge in [0.25, 0.3) is 0 Å². The van der Waals surface area contributed by atoms with Gasteiger partial charge in [0.2, 0.25) is 5.91 Å². The summed E-state index contributed by atoms with van der Waals surface area (Å²) in [6.07, 6.45) is 0.865. The molecule has 0 spiro atoms. The monoisotopic (exact) mass is 340 g/mol. The maximum absolute atomic E-state index is 13.6. The summed E-state index contributed by atoms with van der Waals surface area (Å²) in [6, 6.07) is 3.34. The fourth-order valence-electron chi connectivity index (χ4n) is 2.63. The minimum atomic E-state index is -1.59. The number of anilines is 1. The number of carbonyl (C=O) groups is 1. The third kappa shape index (κ3) is 3.11. The van der Waals surface area contributed by atoms with Gasteiger partial charge in [0.15, 0.2) is 17.5 Å². The Bertz CT molecular complexity index is 747. The molecule has 1 aromatic carbocycles. The number of halogens is 3. The molecular weight excluding hydrogens is 325 g/mol. The molecule has 1 aliphatic rings. The van der Waals surface area contributed by atoms with Gasteiger partial charge >= 0.3 is 0 Å². The molecule has 3 nitrogen and oxygen atoms in total. The average molecular weight is 340 g/mol. The van der Waals surface area contributed by atoms with Gasteiger partial charge in [-0.3, -0.25) is 9.69 Å². The number of thiophene rings is 1. The lowest BCUT2D eigenvalue weighted by Gasteiger charge is -2.31. The fraction of sp³-hybridized carbons (Fsp3) is 0.312. The van der Waals surface area contributed by atoms with Crippen LogP contribution in [0.4, 0.5) is 18.9 Å². The van der Waals surface area contributed by atoms with Crippen LogP contribution in [0.5, 0.6) is 0 Å². The highest BCUT2D eigenvalue weighted by atomic mass is 32.1. The van der Waals surface area contributed by atoms with E-state index in [1.54, 1.807) is 18.3 Å². The zero-order valence-electron chi connectivity index (χ0n) is 12.4.